The summed E-state index contributed by atoms with van der Waals surface area (Å²) in [5.74, 6) is 0.788. The highest BCUT2D eigenvalue weighted by Crippen LogP contribution is 2.25. The van der Waals surface area contributed by atoms with E-state index >= 15 is 0 Å². The average molecular weight is 214 g/mol. The quantitative estimate of drug-likeness (QED) is 0.534. The Kier molecular flexibility index (Phi) is 8.13. The van der Waals surface area contributed by atoms with Gasteiger partial charge in [0.25, 0.3) is 0 Å². The van der Waals surface area contributed by atoms with E-state index in [4.69, 9.17) is 4.74 Å². The van der Waals surface area contributed by atoms with Gasteiger partial charge in [-0.25, -0.2) is 0 Å². The summed E-state index contributed by atoms with van der Waals surface area (Å²) in [5, 5.41) is 0. The van der Waals surface area contributed by atoms with Crippen LogP contribution in [0, 0.1) is 11.3 Å². The van der Waals surface area contributed by atoms with E-state index in [1.54, 1.807) is 0 Å². The van der Waals surface area contributed by atoms with Gasteiger partial charge in [-0.05, 0) is 30.6 Å². The van der Waals surface area contributed by atoms with Crippen LogP contribution in [-0.2, 0) is 4.74 Å². The summed E-state index contributed by atoms with van der Waals surface area (Å²) in [6.45, 7) is 13.4. The minimum absolute atomic E-state index is 0.460. The van der Waals surface area contributed by atoms with Gasteiger partial charge in [0.15, 0.2) is 0 Å². The van der Waals surface area contributed by atoms with Crippen LogP contribution < -0.4 is 0 Å². The molecule has 1 atom stereocenters. The van der Waals surface area contributed by atoms with Crippen LogP contribution >= 0.6 is 0 Å². The van der Waals surface area contributed by atoms with Crippen LogP contribution in [0.1, 0.15) is 66.7 Å². The first-order valence-corrected chi connectivity index (χ1v) is 6.53. The fourth-order valence-electron chi connectivity index (χ4n) is 1.99. The van der Waals surface area contributed by atoms with Gasteiger partial charge < -0.3 is 4.74 Å². The number of unbranched alkanes of at least 4 members (excludes halogenated alkanes) is 2. The predicted molar refractivity (Wildman–Crippen MR) is 68.2 cm³/mol. The zero-order valence-electron chi connectivity index (χ0n) is 11.4. The molecule has 0 spiro atoms. The first-order chi connectivity index (χ1) is 6.95. The SMILES string of the molecule is CCCCCOCCC(C)CC(C)(C)C. The van der Waals surface area contributed by atoms with Gasteiger partial charge in [0.05, 0.1) is 0 Å². The molecule has 1 unspecified atom stereocenters. The van der Waals surface area contributed by atoms with Crippen molar-refractivity contribution in [1.82, 2.24) is 0 Å². The maximum Gasteiger partial charge on any atom is 0.0468 e. The standard InChI is InChI=1S/C14H30O/c1-6-7-8-10-15-11-9-13(2)12-14(3,4)5/h13H,6-12H2,1-5H3. The third kappa shape index (κ3) is 11.9. The Morgan fingerprint density at radius 3 is 2.27 bits per heavy atom. The molecule has 1 nitrogen and oxygen atoms in total. The van der Waals surface area contributed by atoms with Crippen molar-refractivity contribution >= 4 is 0 Å². The van der Waals surface area contributed by atoms with E-state index in [-0.39, 0.29) is 0 Å². The zero-order valence-corrected chi connectivity index (χ0v) is 11.4. The van der Waals surface area contributed by atoms with E-state index in [2.05, 4.69) is 34.6 Å². The monoisotopic (exact) mass is 214 g/mol. The zero-order chi connectivity index (χ0) is 11.7. The van der Waals surface area contributed by atoms with E-state index in [9.17, 15) is 0 Å². The highest BCUT2D eigenvalue weighted by atomic mass is 16.5. The summed E-state index contributed by atoms with van der Waals surface area (Å²) in [5.41, 5.74) is 0.460. The highest BCUT2D eigenvalue weighted by molar-refractivity contribution is 4.66. The van der Waals surface area contributed by atoms with Gasteiger partial charge in [-0.1, -0.05) is 47.5 Å². The second kappa shape index (κ2) is 8.15. The summed E-state index contributed by atoms with van der Waals surface area (Å²) in [4.78, 5) is 0. The summed E-state index contributed by atoms with van der Waals surface area (Å²) in [6, 6.07) is 0. The van der Waals surface area contributed by atoms with Crippen molar-refractivity contribution in [3.8, 4) is 0 Å². The smallest absolute Gasteiger partial charge is 0.0468 e. The topological polar surface area (TPSA) is 9.23 Å². The Bertz CT molecular complexity index is 135. The molecule has 0 saturated carbocycles. The normalized spacial score (nSPS) is 14.2. The molecule has 92 valence electrons. The minimum Gasteiger partial charge on any atom is -0.381 e. The Morgan fingerprint density at radius 2 is 1.73 bits per heavy atom. The predicted octanol–water partition coefficient (Wildman–Crippen LogP) is 4.66. The average Bonchev–Trinajstić information content (AvgIpc) is 2.08. The van der Waals surface area contributed by atoms with Crippen LogP contribution in [0.5, 0.6) is 0 Å². The molecule has 0 aliphatic rings. The molecule has 0 aromatic heterocycles. The Hall–Kier alpha value is -0.0400. The van der Waals surface area contributed by atoms with E-state index < -0.39 is 0 Å². The lowest BCUT2D eigenvalue weighted by Gasteiger charge is -2.23. The molecule has 0 heterocycles. The molecule has 1 heteroatoms. The number of ether oxygens (including phenoxy) is 1. The summed E-state index contributed by atoms with van der Waals surface area (Å²) in [6.07, 6.45) is 6.32. The van der Waals surface area contributed by atoms with Crippen LogP contribution in [0.3, 0.4) is 0 Å². The molecule has 0 radical (unpaired) electrons. The van der Waals surface area contributed by atoms with Gasteiger partial charge in [-0.15, -0.1) is 0 Å². The largest absolute Gasteiger partial charge is 0.381 e. The Labute approximate surface area is 96.6 Å². The molecule has 0 N–H and O–H groups in total. The van der Waals surface area contributed by atoms with E-state index in [0.29, 0.717) is 5.41 Å². The second-order valence-electron chi connectivity index (χ2n) is 5.98. The maximum atomic E-state index is 5.62. The fraction of sp³-hybridized carbons (Fsp3) is 1.00. The first-order valence-electron chi connectivity index (χ1n) is 6.53. The van der Waals surface area contributed by atoms with Crippen molar-refractivity contribution in [1.29, 1.82) is 0 Å². The summed E-state index contributed by atoms with van der Waals surface area (Å²) >= 11 is 0. The molecule has 0 aliphatic carbocycles. The van der Waals surface area contributed by atoms with Crippen molar-refractivity contribution in [2.24, 2.45) is 11.3 Å². The van der Waals surface area contributed by atoms with Crippen LogP contribution in [0.25, 0.3) is 0 Å². The minimum atomic E-state index is 0.460. The Balaban J connectivity index is 3.28. The van der Waals surface area contributed by atoms with E-state index in [1.807, 2.05) is 0 Å². The van der Waals surface area contributed by atoms with Crippen molar-refractivity contribution in [3.05, 3.63) is 0 Å². The van der Waals surface area contributed by atoms with Gasteiger partial charge in [0.1, 0.15) is 0 Å². The van der Waals surface area contributed by atoms with Crippen molar-refractivity contribution in [2.45, 2.75) is 66.7 Å². The fourth-order valence-corrected chi connectivity index (χ4v) is 1.99. The molecular weight excluding hydrogens is 184 g/mol. The lowest BCUT2D eigenvalue weighted by Crippen LogP contribution is -2.12. The van der Waals surface area contributed by atoms with Crippen LogP contribution in [-0.4, -0.2) is 13.2 Å². The molecule has 0 bridgehead atoms. The lowest BCUT2D eigenvalue weighted by atomic mass is 9.84. The van der Waals surface area contributed by atoms with Crippen molar-refractivity contribution in [2.75, 3.05) is 13.2 Å². The number of rotatable bonds is 8. The number of hydrogen-bond acceptors (Lipinski definition) is 1. The molecule has 0 fully saturated rings. The van der Waals surface area contributed by atoms with E-state index in [0.717, 1.165) is 19.1 Å². The molecule has 0 aromatic carbocycles. The molecule has 0 amide bonds. The molecule has 15 heavy (non-hydrogen) atoms. The van der Waals surface area contributed by atoms with Gasteiger partial charge >= 0.3 is 0 Å². The molecular formula is C14H30O. The number of hydrogen-bond donors (Lipinski definition) is 0. The van der Waals surface area contributed by atoms with Gasteiger partial charge in [0.2, 0.25) is 0 Å². The van der Waals surface area contributed by atoms with Gasteiger partial charge in [0, 0.05) is 13.2 Å². The second-order valence-corrected chi connectivity index (χ2v) is 5.98. The summed E-state index contributed by atoms with van der Waals surface area (Å²) < 4.78 is 5.62. The van der Waals surface area contributed by atoms with E-state index in [1.165, 1.54) is 32.1 Å². The molecule has 0 rings (SSSR count). The molecule has 0 aromatic rings. The third-order valence-electron chi connectivity index (χ3n) is 2.61. The van der Waals surface area contributed by atoms with Crippen LogP contribution in [0.4, 0.5) is 0 Å². The third-order valence-corrected chi connectivity index (χ3v) is 2.61. The molecule has 0 saturated heterocycles. The van der Waals surface area contributed by atoms with Crippen LogP contribution in [0.15, 0.2) is 0 Å². The van der Waals surface area contributed by atoms with Crippen LogP contribution in [0.2, 0.25) is 0 Å². The summed E-state index contributed by atoms with van der Waals surface area (Å²) in [7, 11) is 0. The van der Waals surface area contributed by atoms with Gasteiger partial charge in [-0.2, -0.15) is 0 Å². The highest BCUT2D eigenvalue weighted by Gasteiger charge is 2.14. The maximum absolute atomic E-state index is 5.62. The van der Waals surface area contributed by atoms with Gasteiger partial charge in [-0.3, -0.25) is 0 Å². The molecule has 0 aliphatic heterocycles. The Morgan fingerprint density at radius 1 is 1.07 bits per heavy atom. The first kappa shape index (κ1) is 15.0. The van der Waals surface area contributed by atoms with Crippen molar-refractivity contribution < 1.29 is 4.74 Å². The lowest BCUT2D eigenvalue weighted by molar-refractivity contribution is 0.112. The van der Waals surface area contributed by atoms with Crippen molar-refractivity contribution in [3.63, 3.8) is 0 Å².